The van der Waals surface area contributed by atoms with Crippen molar-refractivity contribution in [2.75, 3.05) is 43.5 Å². The highest BCUT2D eigenvalue weighted by Gasteiger charge is 2.26. The van der Waals surface area contributed by atoms with E-state index in [1.54, 1.807) is 7.11 Å². The van der Waals surface area contributed by atoms with E-state index in [1.807, 2.05) is 61.5 Å². The summed E-state index contributed by atoms with van der Waals surface area (Å²) >= 11 is 0. The molecule has 1 aliphatic heterocycles. The number of nitrogens with one attached hydrogen (secondary N) is 1. The number of anilines is 2. The first-order chi connectivity index (χ1) is 15.2. The highest BCUT2D eigenvalue weighted by molar-refractivity contribution is 5.98. The highest BCUT2D eigenvalue weighted by atomic mass is 16.5. The maximum atomic E-state index is 13.0. The lowest BCUT2D eigenvalue weighted by Crippen LogP contribution is -2.52. The van der Waals surface area contributed by atoms with Crippen LogP contribution in [0.3, 0.4) is 0 Å². The Morgan fingerprint density at radius 3 is 2.19 bits per heavy atom. The smallest absolute Gasteiger partial charge is 0.241 e. The number of benzene rings is 3. The minimum Gasteiger partial charge on any atom is -0.497 e. The summed E-state index contributed by atoms with van der Waals surface area (Å²) in [6.07, 6.45) is 0. The second kappa shape index (κ2) is 9.67. The molecule has 0 spiro atoms. The van der Waals surface area contributed by atoms with E-state index in [4.69, 9.17) is 4.74 Å². The van der Waals surface area contributed by atoms with Gasteiger partial charge in [-0.25, -0.2) is 0 Å². The van der Waals surface area contributed by atoms with Crippen molar-refractivity contribution in [1.82, 2.24) is 4.90 Å². The molecule has 160 valence electrons. The number of rotatable bonds is 6. The van der Waals surface area contributed by atoms with Gasteiger partial charge in [0.05, 0.1) is 13.2 Å². The van der Waals surface area contributed by atoms with Gasteiger partial charge in [-0.05, 0) is 42.8 Å². The van der Waals surface area contributed by atoms with Gasteiger partial charge in [0.25, 0.3) is 0 Å². The standard InChI is InChI=1S/C26H29N3O2/c1-20(28-16-18-29(19-17-28)22-12-14-23(31-2)15-13-22)26(30)27-25-11-7-6-10-24(25)21-8-4-3-5-9-21/h3-15,20H,16-19H2,1-2H3,(H,27,30). The Morgan fingerprint density at radius 1 is 0.871 bits per heavy atom. The summed E-state index contributed by atoms with van der Waals surface area (Å²) in [7, 11) is 1.68. The third kappa shape index (κ3) is 4.89. The van der Waals surface area contributed by atoms with Crippen molar-refractivity contribution >= 4 is 17.3 Å². The van der Waals surface area contributed by atoms with Gasteiger partial charge >= 0.3 is 0 Å². The average Bonchev–Trinajstić information content (AvgIpc) is 2.84. The van der Waals surface area contributed by atoms with Gasteiger partial charge < -0.3 is 15.0 Å². The van der Waals surface area contributed by atoms with Crippen LogP contribution in [-0.2, 0) is 4.79 Å². The molecule has 31 heavy (non-hydrogen) atoms. The molecule has 0 bridgehead atoms. The first kappa shape index (κ1) is 20.9. The highest BCUT2D eigenvalue weighted by Crippen LogP contribution is 2.28. The Bertz CT molecular complexity index is 997. The van der Waals surface area contributed by atoms with Gasteiger partial charge in [0, 0.05) is 43.1 Å². The Balaban J connectivity index is 1.37. The largest absolute Gasteiger partial charge is 0.497 e. The average molecular weight is 416 g/mol. The van der Waals surface area contributed by atoms with E-state index in [9.17, 15) is 4.79 Å². The van der Waals surface area contributed by atoms with Crippen LogP contribution in [0.2, 0.25) is 0 Å². The molecule has 1 atom stereocenters. The first-order valence-corrected chi connectivity index (χ1v) is 10.7. The molecule has 1 heterocycles. The second-order valence-corrected chi connectivity index (χ2v) is 7.80. The number of hydrogen-bond donors (Lipinski definition) is 1. The van der Waals surface area contributed by atoms with E-state index in [2.05, 4.69) is 39.4 Å². The van der Waals surface area contributed by atoms with Crippen LogP contribution in [0.5, 0.6) is 5.75 Å². The maximum Gasteiger partial charge on any atom is 0.241 e. The van der Waals surface area contributed by atoms with Gasteiger partial charge in [-0.3, -0.25) is 9.69 Å². The molecule has 1 fully saturated rings. The molecule has 1 saturated heterocycles. The van der Waals surface area contributed by atoms with Crippen molar-refractivity contribution in [2.24, 2.45) is 0 Å². The molecule has 5 nitrogen and oxygen atoms in total. The SMILES string of the molecule is COc1ccc(N2CCN(C(C)C(=O)Nc3ccccc3-c3ccccc3)CC2)cc1. The molecule has 0 aliphatic carbocycles. The summed E-state index contributed by atoms with van der Waals surface area (Å²) in [6, 6.07) is 26.1. The maximum absolute atomic E-state index is 13.0. The van der Waals surface area contributed by atoms with Gasteiger partial charge in [-0.1, -0.05) is 48.5 Å². The fourth-order valence-corrected chi connectivity index (χ4v) is 4.03. The Morgan fingerprint density at radius 2 is 1.52 bits per heavy atom. The van der Waals surface area contributed by atoms with Crippen LogP contribution in [0.25, 0.3) is 11.1 Å². The number of amides is 1. The van der Waals surface area contributed by atoms with Crippen molar-refractivity contribution in [3.63, 3.8) is 0 Å². The van der Waals surface area contributed by atoms with E-state index in [0.29, 0.717) is 0 Å². The number of piperazine rings is 1. The summed E-state index contributed by atoms with van der Waals surface area (Å²) in [5.41, 5.74) is 4.17. The van der Waals surface area contributed by atoms with E-state index in [0.717, 1.165) is 48.7 Å². The number of ether oxygens (including phenoxy) is 1. The van der Waals surface area contributed by atoms with Crippen molar-refractivity contribution in [1.29, 1.82) is 0 Å². The van der Waals surface area contributed by atoms with Gasteiger partial charge in [-0.2, -0.15) is 0 Å². The number of nitrogens with zero attached hydrogens (tertiary/aromatic N) is 2. The number of carbonyl (C=O) groups excluding carboxylic acids is 1. The van der Waals surface area contributed by atoms with Gasteiger partial charge in [0.2, 0.25) is 5.91 Å². The third-order valence-electron chi connectivity index (χ3n) is 5.95. The molecular weight excluding hydrogens is 386 g/mol. The topological polar surface area (TPSA) is 44.8 Å². The zero-order chi connectivity index (χ0) is 21.6. The first-order valence-electron chi connectivity index (χ1n) is 10.7. The molecular formula is C26H29N3O2. The number of para-hydroxylation sites is 1. The molecule has 1 N–H and O–H groups in total. The molecule has 0 radical (unpaired) electrons. The Kier molecular flexibility index (Phi) is 6.53. The molecule has 0 saturated carbocycles. The normalized spacial score (nSPS) is 15.4. The zero-order valence-electron chi connectivity index (χ0n) is 18.1. The number of methoxy groups -OCH3 is 1. The van der Waals surface area contributed by atoms with Crippen LogP contribution in [0.4, 0.5) is 11.4 Å². The fourth-order valence-electron chi connectivity index (χ4n) is 4.03. The van der Waals surface area contributed by atoms with Crippen LogP contribution in [0.1, 0.15) is 6.92 Å². The zero-order valence-corrected chi connectivity index (χ0v) is 18.1. The molecule has 0 aromatic heterocycles. The van der Waals surface area contributed by atoms with Crippen molar-refractivity contribution in [3.8, 4) is 16.9 Å². The van der Waals surface area contributed by atoms with Gasteiger partial charge in [0.15, 0.2) is 0 Å². The summed E-state index contributed by atoms with van der Waals surface area (Å²) in [5, 5.41) is 3.15. The monoisotopic (exact) mass is 415 g/mol. The van der Waals surface area contributed by atoms with E-state index in [-0.39, 0.29) is 11.9 Å². The minimum atomic E-state index is -0.193. The summed E-state index contributed by atoms with van der Waals surface area (Å²) in [5.74, 6) is 0.893. The van der Waals surface area contributed by atoms with E-state index >= 15 is 0 Å². The summed E-state index contributed by atoms with van der Waals surface area (Å²) in [6.45, 7) is 5.47. The quantitative estimate of drug-likeness (QED) is 0.643. The van der Waals surface area contributed by atoms with Crippen molar-refractivity contribution in [2.45, 2.75) is 13.0 Å². The fraction of sp³-hybridized carbons (Fsp3) is 0.269. The summed E-state index contributed by atoms with van der Waals surface area (Å²) < 4.78 is 5.25. The minimum absolute atomic E-state index is 0.0290. The molecule has 5 heteroatoms. The van der Waals surface area contributed by atoms with Crippen LogP contribution in [-0.4, -0.2) is 50.1 Å². The van der Waals surface area contributed by atoms with E-state index in [1.165, 1.54) is 5.69 Å². The predicted octanol–water partition coefficient (Wildman–Crippen LogP) is 4.51. The van der Waals surface area contributed by atoms with Crippen LogP contribution < -0.4 is 15.0 Å². The number of carbonyl (C=O) groups is 1. The van der Waals surface area contributed by atoms with Gasteiger partial charge in [-0.15, -0.1) is 0 Å². The van der Waals surface area contributed by atoms with Gasteiger partial charge in [0.1, 0.15) is 5.75 Å². The third-order valence-corrected chi connectivity index (χ3v) is 5.95. The lowest BCUT2D eigenvalue weighted by Gasteiger charge is -2.38. The lowest BCUT2D eigenvalue weighted by atomic mass is 10.0. The van der Waals surface area contributed by atoms with Crippen LogP contribution >= 0.6 is 0 Å². The van der Waals surface area contributed by atoms with Crippen LogP contribution in [0, 0.1) is 0 Å². The van der Waals surface area contributed by atoms with Crippen LogP contribution in [0.15, 0.2) is 78.9 Å². The Hall–Kier alpha value is -3.31. The van der Waals surface area contributed by atoms with Crippen molar-refractivity contribution in [3.05, 3.63) is 78.9 Å². The molecule has 4 rings (SSSR count). The second-order valence-electron chi connectivity index (χ2n) is 7.80. The predicted molar refractivity (Wildman–Crippen MR) is 127 cm³/mol. The van der Waals surface area contributed by atoms with E-state index < -0.39 is 0 Å². The molecule has 3 aromatic carbocycles. The molecule has 1 aliphatic rings. The number of hydrogen-bond acceptors (Lipinski definition) is 4. The lowest BCUT2D eigenvalue weighted by molar-refractivity contribution is -0.120. The summed E-state index contributed by atoms with van der Waals surface area (Å²) in [4.78, 5) is 17.6. The van der Waals surface area contributed by atoms with Crippen molar-refractivity contribution < 1.29 is 9.53 Å². The molecule has 1 amide bonds. The Labute approximate surface area is 184 Å². The molecule has 3 aromatic rings. The molecule has 1 unspecified atom stereocenters.